The molecule has 2 aromatic carbocycles. The van der Waals surface area contributed by atoms with Crippen LogP contribution in [0.2, 0.25) is 0 Å². The number of hydrogen-bond donors (Lipinski definition) is 1. The van der Waals surface area contributed by atoms with Gasteiger partial charge in [-0.3, -0.25) is 5.32 Å². The second kappa shape index (κ2) is 7.30. The highest BCUT2D eigenvalue weighted by atomic mass is 16.5. The number of anilines is 2. The van der Waals surface area contributed by atoms with Gasteiger partial charge in [0.2, 0.25) is 0 Å². The minimum absolute atomic E-state index is 0.00967. The first-order valence-corrected chi connectivity index (χ1v) is 9.25. The number of urea groups is 1. The molecule has 0 radical (unpaired) electrons. The van der Waals surface area contributed by atoms with Gasteiger partial charge in [0.15, 0.2) is 0 Å². The number of nitrogens with zero attached hydrogens (tertiary/aromatic N) is 5. The van der Waals surface area contributed by atoms with Crippen LogP contribution in [0.5, 0.6) is 0 Å². The number of carbonyl (C=O) groups is 1. The Balaban J connectivity index is 1.42. The number of rotatable bonds is 2. The Labute approximate surface area is 163 Å². The molecule has 3 aromatic rings. The largest absolute Gasteiger partial charge is 0.594 e. The first kappa shape index (κ1) is 18.0. The predicted molar refractivity (Wildman–Crippen MR) is 107 cm³/mol. The highest BCUT2D eigenvalue weighted by Crippen LogP contribution is 2.20. The number of nitrogens with one attached hydrogen (secondary N) is 1. The molecule has 1 N–H and O–H groups in total. The molecule has 0 aliphatic carbocycles. The SMILES string of the molecule is Cc1cc(C)cc(N2CCN(C(=O)Nc3nc4ccccc4[n+]([O-])n3)CC2)c1. The highest BCUT2D eigenvalue weighted by molar-refractivity contribution is 5.88. The van der Waals surface area contributed by atoms with Gasteiger partial charge in [0.1, 0.15) is 5.52 Å². The van der Waals surface area contributed by atoms with Crippen molar-refractivity contribution in [3.63, 3.8) is 0 Å². The van der Waals surface area contributed by atoms with Gasteiger partial charge in [0.25, 0.3) is 11.5 Å². The van der Waals surface area contributed by atoms with Crippen molar-refractivity contribution in [2.45, 2.75) is 13.8 Å². The van der Waals surface area contributed by atoms with E-state index < -0.39 is 0 Å². The molecule has 1 aromatic heterocycles. The van der Waals surface area contributed by atoms with Crippen molar-refractivity contribution in [1.82, 2.24) is 15.0 Å². The molecule has 1 aliphatic heterocycles. The van der Waals surface area contributed by atoms with Crippen molar-refractivity contribution in [2.75, 3.05) is 36.4 Å². The molecule has 2 heterocycles. The van der Waals surface area contributed by atoms with Crippen LogP contribution in [0, 0.1) is 19.1 Å². The zero-order chi connectivity index (χ0) is 19.7. The molecule has 144 valence electrons. The molecule has 1 aliphatic rings. The van der Waals surface area contributed by atoms with Gasteiger partial charge in [0.05, 0.1) is 5.10 Å². The van der Waals surface area contributed by atoms with Crippen molar-refractivity contribution in [2.24, 2.45) is 0 Å². The van der Waals surface area contributed by atoms with Crippen LogP contribution in [0.4, 0.5) is 16.4 Å². The van der Waals surface area contributed by atoms with E-state index in [0.717, 1.165) is 13.1 Å². The van der Waals surface area contributed by atoms with Crippen LogP contribution >= 0.6 is 0 Å². The van der Waals surface area contributed by atoms with Crippen molar-refractivity contribution >= 4 is 28.7 Å². The summed E-state index contributed by atoms with van der Waals surface area (Å²) in [4.78, 5) is 21.3. The average molecular weight is 378 g/mol. The predicted octanol–water partition coefficient (Wildman–Crippen LogP) is 2.23. The molecule has 0 bridgehead atoms. The smallest absolute Gasteiger partial charge is 0.324 e. The molecule has 4 rings (SSSR count). The van der Waals surface area contributed by atoms with Gasteiger partial charge in [-0.15, -0.1) is 0 Å². The van der Waals surface area contributed by atoms with Crippen LogP contribution < -0.4 is 15.1 Å². The lowest BCUT2D eigenvalue weighted by molar-refractivity contribution is -0.641. The third-order valence-corrected chi connectivity index (χ3v) is 4.86. The molecule has 8 nitrogen and oxygen atoms in total. The third kappa shape index (κ3) is 3.66. The second-order valence-electron chi connectivity index (χ2n) is 7.05. The van der Waals surface area contributed by atoms with E-state index in [1.807, 2.05) is 0 Å². The molecule has 2 amide bonds. The molecule has 0 spiro atoms. The molecule has 8 heteroatoms. The number of para-hydroxylation sites is 2. The lowest BCUT2D eigenvalue weighted by atomic mass is 10.1. The Kier molecular flexibility index (Phi) is 4.68. The number of benzene rings is 2. The Morgan fingerprint density at radius 2 is 1.75 bits per heavy atom. The number of piperazine rings is 1. The number of amides is 2. The van der Waals surface area contributed by atoms with Gasteiger partial charge in [0, 0.05) is 37.9 Å². The van der Waals surface area contributed by atoms with Crippen LogP contribution in [-0.4, -0.2) is 47.2 Å². The van der Waals surface area contributed by atoms with E-state index in [1.165, 1.54) is 16.8 Å². The minimum Gasteiger partial charge on any atom is -0.594 e. The third-order valence-electron chi connectivity index (χ3n) is 4.86. The van der Waals surface area contributed by atoms with E-state index in [4.69, 9.17) is 0 Å². The number of carbonyl (C=O) groups excluding carboxylic acids is 1. The maximum absolute atomic E-state index is 12.6. The molecular formula is C20H22N6O2. The topological polar surface area (TPSA) is 88.3 Å². The summed E-state index contributed by atoms with van der Waals surface area (Å²) in [6.45, 7) is 6.85. The molecule has 0 atom stereocenters. The Bertz CT molecular complexity index is 1010. The van der Waals surface area contributed by atoms with Crippen LogP contribution in [0.1, 0.15) is 11.1 Å². The lowest BCUT2D eigenvalue weighted by Gasteiger charge is -2.36. The van der Waals surface area contributed by atoms with E-state index in [2.05, 4.69) is 52.3 Å². The van der Waals surface area contributed by atoms with Crippen LogP contribution in [0.15, 0.2) is 42.5 Å². The van der Waals surface area contributed by atoms with E-state index in [9.17, 15) is 10.0 Å². The normalized spacial score (nSPS) is 14.4. The quantitative estimate of drug-likeness (QED) is 0.546. The van der Waals surface area contributed by atoms with Crippen molar-refractivity contribution < 1.29 is 9.64 Å². The van der Waals surface area contributed by atoms with E-state index in [0.29, 0.717) is 29.0 Å². The van der Waals surface area contributed by atoms with Gasteiger partial charge in [-0.05, 0) is 48.0 Å². The number of hydrogen-bond acceptors (Lipinski definition) is 5. The Morgan fingerprint density at radius 3 is 2.46 bits per heavy atom. The zero-order valence-corrected chi connectivity index (χ0v) is 15.9. The molecule has 0 unspecified atom stereocenters. The van der Waals surface area contributed by atoms with Gasteiger partial charge >= 0.3 is 6.03 Å². The van der Waals surface area contributed by atoms with Crippen molar-refractivity contribution in [3.05, 3.63) is 58.8 Å². The first-order chi connectivity index (χ1) is 13.5. The van der Waals surface area contributed by atoms with E-state index >= 15 is 0 Å². The minimum atomic E-state index is -0.296. The summed E-state index contributed by atoms with van der Waals surface area (Å²) in [5.41, 5.74) is 4.50. The van der Waals surface area contributed by atoms with E-state index in [-0.39, 0.29) is 12.0 Å². The summed E-state index contributed by atoms with van der Waals surface area (Å²) in [5, 5.41) is 18.4. The standard InChI is InChI=1S/C20H22N6O2/c1-14-11-15(2)13-16(12-14)24-7-9-25(10-8-24)20(27)22-19-21-17-5-3-4-6-18(17)26(28)23-19/h3-6,11-13H,7-10H2,1-2H3,(H,21,22,23,27). The van der Waals surface area contributed by atoms with Gasteiger partial charge in [-0.2, -0.15) is 0 Å². The van der Waals surface area contributed by atoms with Crippen molar-refractivity contribution in [1.29, 1.82) is 0 Å². The first-order valence-electron chi connectivity index (χ1n) is 9.25. The molecular weight excluding hydrogens is 356 g/mol. The molecule has 1 fully saturated rings. The summed E-state index contributed by atoms with van der Waals surface area (Å²) in [6, 6.07) is 13.1. The molecule has 1 saturated heterocycles. The average Bonchev–Trinajstić information content (AvgIpc) is 2.67. The second-order valence-corrected chi connectivity index (χ2v) is 7.05. The summed E-state index contributed by atoms with van der Waals surface area (Å²) < 4.78 is 0. The van der Waals surface area contributed by atoms with Gasteiger partial charge < -0.3 is 15.0 Å². The monoisotopic (exact) mass is 378 g/mol. The van der Waals surface area contributed by atoms with Crippen LogP contribution in [-0.2, 0) is 0 Å². The molecule has 28 heavy (non-hydrogen) atoms. The Morgan fingerprint density at radius 1 is 1.07 bits per heavy atom. The summed E-state index contributed by atoms with van der Waals surface area (Å²) in [6.07, 6.45) is 0. The summed E-state index contributed by atoms with van der Waals surface area (Å²) in [7, 11) is 0. The lowest BCUT2D eigenvalue weighted by Crippen LogP contribution is -2.50. The van der Waals surface area contributed by atoms with E-state index in [1.54, 1.807) is 29.2 Å². The maximum Gasteiger partial charge on any atom is 0.324 e. The highest BCUT2D eigenvalue weighted by Gasteiger charge is 2.23. The molecule has 0 saturated carbocycles. The maximum atomic E-state index is 12.6. The van der Waals surface area contributed by atoms with Crippen LogP contribution in [0.3, 0.4) is 0 Å². The number of aryl methyl sites for hydroxylation is 2. The van der Waals surface area contributed by atoms with Gasteiger partial charge in [-0.1, -0.05) is 18.2 Å². The zero-order valence-electron chi connectivity index (χ0n) is 15.9. The van der Waals surface area contributed by atoms with Gasteiger partial charge in [-0.25, -0.2) is 9.78 Å². The summed E-state index contributed by atoms with van der Waals surface area (Å²) >= 11 is 0. The number of fused-ring (bicyclic) bond motifs is 1. The Hall–Kier alpha value is -3.42. The van der Waals surface area contributed by atoms with Crippen LogP contribution in [0.25, 0.3) is 11.0 Å². The fourth-order valence-corrected chi connectivity index (χ4v) is 3.53. The number of aromatic nitrogens is 3. The summed E-state index contributed by atoms with van der Waals surface area (Å²) in [5.74, 6) is 0.00967. The fraction of sp³-hybridized carbons (Fsp3) is 0.300. The van der Waals surface area contributed by atoms with Crippen molar-refractivity contribution in [3.8, 4) is 0 Å². The fourth-order valence-electron chi connectivity index (χ4n) is 3.53.